The first-order valence-electron chi connectivity index (χ1n) is 10.9. The van der Waals surface area contributed by atoms with Crippen molar-refractivity contribution in [3.05, 3.63) is 0 Å². The lowest BCUT2D eigenvalue weighted by atomic mass is 8.76. The van der Waals surface area contributed by atoms with Crippen molar-refractivity contribution >= 4 is 0 Å². The summed E-state index contributed by atoms with van der Waals surface area (Å²) < 4.78 is 0. The average Bonchev–Trinajstić information content (AvgIpc) is 2.78. The molecule has 13 saturated carbocycles. The first-order valence-corrected chi connectivity index (χ1v) is 10.9. The third kappa shape index (κ3) is 0.279. The van der Waals surface area contributed by atoms with Gasteiger partial charge < -0.3 is 5.11 Å². The molecule has 20 unspecified atom stereocenters. The molecule has 0 heterocycles. The highest BCUT2D eigenvalue weighted by molar-refractivity contribution is 5.76. The Kier molecular flexibility index (Phi) is 0.609. The predicted molar refractivity (Wildman–Crippen MR) is 76.3 cm³/mol. The molecule has 0 bridgehead atoms. The molecule has 1 N–H and O–H groups in total. The van der Waals surface area contributed by atoms with Gasteiger partial charge in [-0.15, -0.1) is 0 Å². The zero-order valence-electron chi connectivity index (χ0n) is 13.2. The van der Waals surface area contributed by atoms with Gasteiger partial charge in [-0.3, -0.25) is 0 Å². The summed E-state index contributed by atoms with van der Waals surface area (Å²) in [6.45, 7) is 2.74. The molecule has 20 atom stereocenters. The molecule has 114 valence electrons. The first kappa shape index (κ1) is 9.06. The average molecular weight is 300 g/mol. The summed E-state index contributed by atoms with van der Waals surface area (Å²) in [7, 11) is 0. The van der Waals surface area contributed by atoms with Crippen LogP contribution in [0.2, 0.25) is 0 Å². The first-order chi connectivity index (χ1) is 11.2. The van der Waals surface area contributed by atoms with Crippen molar-refractivity contribution in [2.24, 2.45) is 109 Å². The molecule has 0 amide bonds. The number of fused-ring (bicyclic) bond motifs is 11. The SMILES string of the molecule is CC12C3C1C1C4C5C6C7C(O)C8CC9C%10C%11C%12C3C12C%124C%115C%106C897. The molecule has 23 heavy (non-hydrogen) atoms. The zero-order chi connectivity index (χ0) is 13.8. The van der Waals surface area contributed by atoms with Gasteiger partial charge in [-0.1, -0.05) is 6.92 Å². The summed E-state index contributed by atoms with van der Waals surface area (Å²) in [6, 6.07) is 0. The van der Waals surface area contributed by atoms with Gasteiger partial charge in [-0.2, -0.15) is 0 Å². The van der Waals surface area contributed by atoms with E-state index in [1.807, 2.05) is 0 Å². The van der Waals surface area contributed by atoms with Crippen LogP contribution in [0.5, 0.6) is 0 Å². The maximum Gasteiger partial charge on any atom is 0.0611 e. The Morgan fingerprint density at radius 1 is 0.609 bits per heavy atom. The molecular formula is C22H20O. The number of aliphatic hydroxyl groups is 1. The third-order valence-corrected chi connectivity index (χ3v) is 16.5. The van der Waals surface area contributed by atoms with Crippen LogP contribution in [0.4, 0.5) is 0 Å². The van der Waals surface area contributed by atoms with E-state index >= 15 is 0 Å². The molecule has 0 aromatic heterocycles. The summed E-state index contributed by atoms with van der Waals surface area (Å²) in [6.07, 6.45) is 1.62. The quantitative estimate of drug-likeness (QED) is 0.724. The van der Waals surface area contributed by atoms with Crippen LogP contribution >= 0.6 is 0 Å². The van der Waals surface area contributed by atoms with Gasteiger partial charge in [0.2, 0.25) is 0 Å². The maximum absolute atomic E-state index is 10.7. The second kappa shape index (κ2) is 1.55. The summed E-state index contributed by atoms with van der Waals surface area (Å²) in [5.41, 5.74) is 5.55. The molecule has 13 aliphatic carbocycles. The highest BCUT2D eigenvalue weighted by Gasteiger charge is 3.31. The lowest BCUT2D eigenvalue weighted by Crippen LogP contribution is -3.26. The Morgan fingerprint density at radius 3 is 1.91 bits per heavy atom. The van der Waals surface area contributed by atoms with E-state index in [1.165, 1.54) is 59.7 Å². The zero-order valence-corrected chi connectivity index (χ0v) is 13.2. The molecule has 0 radical (unpaired) electrons. The molecule has 0 saturated heterocycles. The van der Waals surface area contributed by atoms with Crippen molar-refractivity contribution in [2.75, 3.05) is 0 Å². The third-order valence-electron chi connectivity index (χ3n) is 16.5. The van der Waals surface area contributed by atoms with Gasteiger partial charge >= 0.3 is 0 Å². The van der Waals surface area contributed by atoms with E-state index in [2.05, 4.69) is 6.92 Å². The second-order valence-corrected chi connectivity index (χ2v) is 13.4. The lowest BCUT2D eigenvalue weighted by molar-refractivity contribution is -0.822. The minimum atomic E-state index is 0.163. The second-order valence-electron chi connectivity index (χ2n) is 13.4. The molecule has 1 heteroatoms. The van der Waals surface area contributed by atoms with Crippen molar-refractivity contribution in [2.45, 2.75) is 19.4 Å². The minimum Gasteiger partial charge on any atom is -0.392 e. The van der Waals surface area contributed by atoms with E-state index in [1.54, 1.807) is 0 Å². The normalized spacial score (nSPS) is 117. The molecule has 5 spiro atoms. The molecule has 0 aromatic rings. The Morgan fingerprint density at radius 2 is 1.17 bits per heavy atom. The Labute approximate surface area is 134 Å². The molecular weight excluding hydrogens is 280 g/mol. The molecule has 0 aliphatic heterocycles. The monoisotopic (exact) mass is 300 g/mol. The van der Waals surface area contributed by atoms with Gasteiger partial charge in [0, 0.05) is 0 Å². The Hall–Kier alpha value is -0.0400. The standard InChI is InChI=1S/C22H20O/c1-17-6-7(17)10-12-13-14-15-16(23)4-2-3-5-8-11-9(6)19(10,17)21(11,12)22(8,13)20(5,14)18(3,4)15/h3-16,23H,2H2,1H3. The van der Waals surface area contributed by atoms with Crippen LogP contribution in [-0.4, -0.2) is 11.2 Å². The maximum atomic E-state index is 10.7. The van der Waals surface area contributed by atoms with Crippen molar-refractivity contribution in [1.29, 1.82) is 0 Å². The largest absolute Gasteiger partial charge is 0.392 e. The van der Waals surface area contributed by atoms with Gasteiger partial charge in [0.25, 0.3) is 0 Å². The Balaban J connectivity index is 1.19. The van der Waals surface area contributed by atoms with Crippen molar-refractivity contribution in [1.82, 2.24) is 0 Å². The van der Waals surface area contributed by atoms with Crippen molar-refractivity contribution in [3.63, 3.8) is 0 Å². The number of hydrogen-bond donors (Lipinski definition) is 1. The van der Waals surface area contributed by atoms with Crippen LogP contribution in [0.15, 0.2) is 0 Å². The molecule has 1 nitrogen and oxygen atoms in total. The van der Waals surface area contributed by atoms with Crippen LogP contribution in [0.25, 0.3) is 0 Å². The topological polar surface area (TPSA) is 20.2 Å². The highest BCUT2D eigenvalue weighted by atomic mass is 16.3. The van der Waals surface area contributed by atoms with E-state index in [0.29, 0.717) is 0 Å². The van der Waals surface area contributed by atoms with Gasteiger partial charge in [0.05, 0.1) is 6.10 Å². The summed E-state index contributed by atoms with van der Waals surface area (Å²) in [5, 5.41) is 10.7. The van der Waals surface area contributed by atoms with Gasteiger partial charge in [-0.25, -0.2) is 0 Å². The van der Waals surface area contributed by atoms with Crippen LogP contribution in [0, 0.1) is 109 Å². The number of hydrogen-bond acceptors (Lipinski definition) is 1. The van der Waals surface area contributed by atoms with Gasteiger partial charge in [0.1, 0.15) is 0 Å². The van der Waals surface area contributed by atoms with Crippen molar-refractivity contribution < 1.29 is 5.11 Å². The minimum absolute atomic E-state index is 0.163. The summed E-state index contributed by atoms with van der Waals surface area (Å²) in [4.78, 5) is 0. The van der Waals surface area contributed by atoms with Gasteiger partial charge in [-0.05, 0) is 116 Å². The molecule has 13 fully saturated rings. The molecule has 13 aliphatic rings. The number of rotatable bonds is 0. The highest BCUT2D eigenvalue weighted by Crippen LogP contribution is 3.33. The van der Waals surface area contributed by atoms with E-state index in [9.17, 15) is 5.11 Å². The van der Waals surface area contributed by atoms with Crippen LogP contribution < -0.4 is 0 Å². The lowest BCUT2D eigenvalue weighted by Gasteiger charge is -3.27. The number of aliphatic hydroxyl groups excluding tert-OH is 1. The fraction of sp³-hybridized carbons (Fsp3) is 1.00. The molecule has 0 aromatic carbocycles. The summed E-state index contributed by atoms with van der Waals surface area (Å²) >= 11 is 0. The van der Waals surface area contributed by atoms with E-state index < -0.39 is 0 Å². The van der Waals surface area contributed by atoms with E-state index in [0.717, 1.165) is 56.2 Å². The van der Waals surface area contributed by atoms with Crippen molar-refractivity contribution in [3.8, 4) is 0 Å². The smallest absolute Gasteiger partial charge is 0.0611 e. The molecule has 13 rings (SSSR count). The van der Waals surface area contributed by atoms with Crippen LogP contribution in [0.3, 0.4) is 0 Å². The van der Waals surface area contributed by atoms with Crippen LogP contribution in [0.1, 0.15) is 13.3 Å². The predicted octanol–water partition coefficient (Wildman–Crippen LogP) is 1.86. The fourth-order valence-corrected chi connectivity index (χ4v) is 18.7. The van der Waals surface area contributed by atoms with Crippen LogP contribution in [-0.2, 0) is 0 Å². The van der Waals surface area contributed by atoms with E-state index in [-0.39, 0.29) is 6.10 Å². The summed E-state index contributed by atoms with van der Waals surface area (Å²) in [5.74, 6) is 15.0. The van der Waals surface area contributed by atoms with Gasteiger partial charge in [0.15, 0.2) is 0 Å². The fourth-order valence-electron chi connectivity index (χ4n) is 18.7. The Bertz CT molecular complexity index is 998. The van der Waals surface area contributed by atoms with E-state index in [4.69, 9.17) is 0 Å².